The number of rotatable bonds is 9. The molecule has 0 spiro atoms. The maximum Gasteiger partial charge on any atom is 0.274 e. The Kier molecular flexibility index (Phi) is 7.98. The molecule has 0 saturated carbocycles. The summed E-state index contributed by atoms with van der Waals surface area (Å²) in [5.74, 6) is -0.233. The van der Waals surface area contributed by atoms with E-state index in [1.165, 1.54) is 16.8 Å². The largest absolute Gasteiger partial charge is 0.336 e. The van der Waals surface area contributed by atoms with Gasteiger partial charge in [0.1, 0.15) is 5.69 Å². The Labute approximate surface area is 137 Å². The minimum absolute atomic E-state index is 0.209. The van der Waals surface area contributed by atoms with Crippen LogP contribution in [0.2, 0.25) is 0 Å². The molecule has 0 aromatic carbocycles. The van der Waals surface area contributed by atoms with Gasteiger partial charge in [-0.15, -0.1) is 0 Å². The molecule has 0 N–H and O–H groups in total. The summed E-state index contributed by atoms with van der Waals surface area (Å²) in [6.45, 7) is 4.23. The van der Waals surface area contributed by atoms with Gasteiger partial charge in [-0.1, -0.05) is 6.92 Å². The van der Waals surface area contributed by atoms with Gasteiger partial charge in [-0.2, -0.15) is 10.4 Å². The summed E-state index contributed by atoms with van der Waals surface area (Å²) in [5.41, 5.74) is 0.0421. The summed E-state index contributed by atoms with van der Waals surface area (Å²) in [5, 5.41) is 12.9. The van der Waals surface area contributed by atoms with Crippen molar-refractivity contribution in [2.45, 2.75) is 32.7 Å². The average Bonchev–Trinajstić information content (AvgIpc) is 2.52. The van der Waals surface area contributed by atoms with E-state index in [4.69, 9.17) is 5.26 Å². The molecule has 0 atom stereocenters. The van der Waals surface area contributed by atoms with E-state index in [9.17, 15) is 9.59 Å². The van der Waals surface area contributed by atoms with Crippen molar-refractivity contribution in [2.75, 3.05) is 33.7 Å². The zero-order valence-electron chi connectivity index (χ0n) is 14.2. The van der Waals surface area contributed by atoms with Gasteiger partial charge in [-0.25, -0.2) is 4.68 Å². The van der Waals surface area contributed by atoms with Crippen molar-refractivity contribution >= 4 is 5.91 Å². The fourth-order valence-electron chi connectivity index (χ4n) is 2.17. The standard InChI is InChI=1S/C16H25N5O2/c1-4-10-21-15(22)8-7-14(18-21)16(23)20(12-5-9-17)13-6-11-19(2)3/h7-8H,4-6,10-13H2,1-3H3. The molecule has 0 aliphatic carbocycles. The lowest BCUT2D eigenvalue weighted by Gasteiger charge is -2.22. The minimum atomic E-state index is -0.233. The molecule has 0 aliphatic rings. The van der Waals surface area contributed by atoms with E-state index in [1.807, 2.05) is 25.9 Å². The monoisotopic (exact) mass is 319 g/mol. The molecule has 1 rings (SSSR count). The number of hydrogen-bond acceptors (Lipinski definition) is 5. The molecule has 0 bridgehead atoms. The van der Waals surface area contributed by atoms with E-state index in [0.717, 1.165) is 19.4 Å². The van der Waals surface area contributed by atoms with E-state index in [0.29, 0.717) is 19.6 Å². The maximum atomic E-state index is 12.6. The molecular weight excluding hydrogens is 294 g/mol. The van der Waals surface area contributed by atoms with Gasteiger partial charge in [-0.3, -0.25) is 9.59 Å². The third-order valence-electron chi connectivity index (χ3n) is 3.34. The van der Waals surface area contributed by atoms with Gasteiger partial charge >= 0.3 is 0 Å². The Bertz CT molecular complexity index is 603. The van der Waals surface area contributed by atoms with Gasteiger partial charge in [0, 0.05) is 25.7 Å². The smallest absolute Gasteiger partial charge is 0.274 e. The molecule has 1 aromatic heterocycles. The first-order valence-corrected chi connectivity index (χ1v) is 7.88. The van der Waals surface area contributed by atoms with Crippen LogP contribution >= 0.6 is 0 Å². The Balaban J connectivity index is 2.88. The zero-order chi connectivity index (χ0) is 17.2. The lowest BCUT2D eigenvalue weighted by atomic mass is 10.2. The van der Waals surface area contributed by atoms with Crippen molar-refractivity contribution < 1.29 is 4.79 Å². The summed E-state index contributed by atoms with van der Waals surface area (Å²) < 4.78 is 1.32. The molecule has 0 radical (unpaired) electrons. The van der Waals surface area contributed by atoms with Crippen molar-refractivity contribution in [1.82, 2.24) is 19.6 Å². The second kappa shape index (κ2) is 9.74. The highest BCUT2D eigenvalue weighted by atomic mass is 16.2. The molecule has 0 unspecified atom stereocenters. The first-order chi connectivity index (χ1) is 11.0. The van der Waals surface area contributed by atoms with Crippen molar-refractivity contribution in [3.63, 3.8) is 0 Å². The number of carbonyl (C=O) groups is 1. The third-order valence-corrected chi connectivity index (χ3v) is 3.34. The van der Waals surface area contributed by atoms with E-state index in [2.05, 4.69) is 11.2 Å². The Hall–Kier alpha value is -2.20. The number of amides is 1. The number of aromatic nitrogens is 2. The number of aryl methyl sites for hydroxylation is 1. The highest BCUT2D eigenvalue weighted by Gasteiger charge is 2.17. The predicted octanol–water partition coefficient (Wildman–Crippen LogP) is 0.961. The Morgan fingerprint density at radius 1 is 1.30 bits per heavy atom. The summed E-state index contributed by atoms with van der Waals surface area (Å²) >= 11 is 0. The molecule has 0 fully saturated rings. The van der Waals surface area contributed by atoms with Crippen molar-refractivity contribution in [2.24, 2.45) is 0 Å². The quantitative estimate of drug-likeness (QED) is 0.677. The fraction of sp³-hybridized carbons (Fsp3) is 0.625. The summed E-state index contributed by atoms with van der Waals surface area (Å²) in [6, 6.07) is 4.90. The Morgan fingerprint density at radius 3 is 2.65 bits per heavy atom. The molecule has 126 valence electrons. The molecule has 1 aromatic rings. The summed E-state index contributed by atoms with van der Waals surface area (Å²) in [4.78, 5) is 28.0. The lowest BCUT2D eigenvalue weighted by molar-refractivity contribution is 0.0745. The topological polar surface area (TPSA) is 82.2 Å². The lowest BCUT2D eigenvalue weighted by Crippen LogP contribution is -2.36. The number of hydrogen-bond donors (Lipinski definition) is 0. The number of carbonyl (C=O) groups excluding carboxylic acids is 1. The van der Waals surface area contributed by atoms with Gasteiger partial charge in [-0.05, 0) is 39.5 Å². The molecule has 7 nitrogen and oxygen atoms in total. The van der Waals surface area contributed by atoms with Crippen LogP contribution < -0.4 is 5.56 Å². The van der Waals surface area contributed by atoms with E-state index in [1.54, 1.807) is 4.90 Å². The van der Waals surface area contributed by atoms with Gasteiger partial charge in [0.25, 0.3) is 11.5 Å². The molecular formula is C16H25N5O2. The average molecular weight is 319 g/mol. The summed E-state index contributed by atoms with van der Waals surface area (Å²) in [7, 11) is 3.95. The molecule has 0 saturated heterocycles. The van der Waals surface area contributed by atoms with Crippen LogP contribution in [0.25, 0.3) is 0 Å². The normalized spacial score (nSPS) is 10.6. The number of nitriles is 1. The van der Waals surface area contributed by atoms with Crippen molar-refractivity contribution in [1.29, 1.82) is 5.26 Å². The van der Waals surface area contributed by atoms with Gasteiger partial charge < -0.3 is 9.80 Å². The number of nitrogens with zero attached hydrogens (tertiary/aromatic N) is 5. The van der Waals surface area contributed by atoms with Crippen LogP contribution in [0, 0.1) is 11.3 Å². The van der Waals surface area contributed by atoms with E-state index in [-0.39, 0.29) is 23.6 Å². The minimum Gasteiger partial charge on any atom is -0.336 e. The van der Waals surface area contributed by atoms with Gasteiger partial charge in [0.2, 0.25) is 0 Å². The van der Waals surface area contributed by atoms with Crippen molar-refractivity contribution in [3.05, 3.63) is 28.2 Å². The molecule has 1 heterocycles. The Morgan fingerprint density at radius 2 is 2.04 bits per heavy atom. The van der Waals surface area contributed by atoms with E-state index >= 15 is 0 Å². The SMILES string of the molecule is CCCn1nc(C(=O)N(CCC#N)CCCN(C)C)ccc1=O. The highest BCUT2D eigenvalue weighted by Crippen LogP contribution is 2.03. The first kappa shape index (κ1) is 18.8. The predicted molar refractivity (Wildman–Crippen MR) is 88.1 cm³/mol. The van der Waals surface area contributed by atoms with Gasteiger partial charge in [0.05, 0.1) is 12.5 Å². The second-order valence-electron chi connectivity index (χ2n) is 5.64. The van der Waals surface area contributed by atoms with Crippen LogP contribution in [0.1, 0.15) is 36.7 Å². The third kappa shape index (κ3) is 6.20. The van der Waals surface area contributed by atoms with Crippen molar-refractivity contribution in [3.8, 4) is 6.07 Å². The van der Waals surface area contributed by atoms with Crippen LogP contribution in [-0.2, 0) is 6.54 Å². The van der Waals surface area contributed by atoms with E-state index < -0.39 is 0 Å². The summed E-state index contributed by atoms with van der Waals surface area (Å²) in [6.07, 6.45) is 1.87. The van der Waals surface area contributed by atoms with Crippen LogP contribution in [0.15, 0.2) is 16.9 Å². The van der Waals surface area contributed by atoms with Crippen LogP contribution in [0.4, 0.5) is 0 Å². The molecule has 7 heteroatoms. The highest BCUT2D eigenvalue weighted by molar-refractivity contribution is 5.92. The second-order valence-corrected chi connectivity index (χ2v) is 5.64. The van der Waals surface area contributed by atoms with Crippen LogP contribution in [-0.4, -0.2) is 59.2 Å². The zero-order valence-corrected chi connectivity index (χ0v) is 14.2. The molecule has 0 aliphatic heterocycles. The maximum absolute atomic E-state index is 12.6. The molecule has 23 heavy (non-hydrogen) atoms. The van der Waals surface area contributed by atoms with Crippen LogP contribution in [0.5, 0.6) is 0 Å². The first-order valence-electron chi connectivity index (χ1n) is 7.88. The van der Waals surface area contributed by atoms with Crippen LogP contribution in [0.3, 0.4) is 0 Å². The van der Waals surface area contributed by atoms with Gasteiger partial charge in [0.15, 0.2) is 0 Å². The fourth-order valence-corrected chi connectivity index (χ4v) is 2.17. The molecule has 1 amide bonds.